The number of thiophene rings is 1. The quantitative estimate of drug-likeness (QED) is 0.175. The normalized spacial score (nSPS) is 11.4. The summed E-state index contributed by atoms with van der Waals surface area (Å²) in [6.45, 7) is 0. The standard InChI is InChI=1S/C41H33NO3S/c1-44-35-25-19-30(20-26-35)41(43,31-21-27-36(45-2)28-22-31)39-37-15-9-10-16-38(37)46-40(39)29-17-23-34(24-18-29)42(32-11-5-3-6-12-32)33-13-7-4-8-14-33/h3-28,43H,1-2H3. The molecule has 0 bridgehead atoms. The van der Waals surface area contributed by atoms with Gasteiger partial charge in [-0.15, -0.1) is 11.3 Å². The van der Waals surface area contributed by atoms with Gasteiger partial charge in [-0.2, -0.15) is 0 Å². The SMILES string of the molecule is COc1ccc(C(O)(c2ccc(OC)cc2)c2c(-c3ccc(N(c4ccccc4)c4ccccc4)cc3)sc3ccccc23)cc1. The van der Waals surface area contributed by atoms with Gasteiger partial charge < -0.3 is 19.5 Å². The number of anilines is 3. The predicted octanol–water partition coefficient (Wildman–Crippen LogP) is 10.3. The highest BCUT2D eigenvalue weighted by atomic mass is 32.1. The second-order valence-electron chi connectivity index (χ2n) is 11.0. The van der Waals surface area contributed by atoms with E-state index in [1.807, 2.05) is 72.8 Å². The maximum Gasteiger partial charge on any atom is 0.142 e. The van der Waals surface area contributed by atoms with Gasteiger partial charge in [-0.05, 0) is 88.8 Å². The number of hydrogen-bond acceptors (Lipinski definition) is 5. The number of aliphatic hydroxyl groups is 1. The molecule has 0 aliphatic carbocycles. The Balaban J connectivity index is 1.42. The van der Waals surface area contributed by atoms with Crippen molar-refractivity contribution in [2.75, 3.05) is 19.1 Å². The minimum Gasteiger partial charge on any atom is -0.497 e. The maximum absolute atomic E-state index is 13.1. The molecule has 6 aromatic carbocycles. The fourth-order valence-electron chi connectivity index (χ4n) is 6.09. The van der Waals surface area contributed by atoms with Gasteiger partial charge >= 0.3 is 0 Å². The molecule has 0 atom stereocenters. The lowest BCUT2D eigenvalue weighted by atomic mass is 9.78. The van der Waals surface area contributed by atoms with E-state index in [4.69, 9.17) is 9.47 Å². The van der Waals surface area contributed by atoms with E-state index >= 15 is 0 Å². The van der Waals surface area contributed by atoms with Crippen molar-refractivity contribution in [3.05, 3.63) is 174 Å². The van der Waals surface area contributed by atoms with Gasteiger partial charge in [-0.1, -0.05) is 91.0 Å². The average molecular weight is 620 g/mol. The molecule has 0 spiro atoms. The molecule has 7 rings (SSSR count). The Morgan fingerprint density at radius 2 is 0.978 bits per heavy atom. The molecule has 4 nitrogen and oxygen atoms in total. The van der Waals surface area contributed by atoms with E-state index in [9.17, 15) is 5.11 Å². The van der Waals surface area contributed by atoms with E-state index in [0.29, 0.717) is 0 Å². The summed E-state index contributed by atoms with van der Waals surface area (Å²) in [5.41, 5.74) is 5.12. The van der Waals surface area contributed by atoms with Crippen molar-refractivity contribution >= 4 is 38.5 Å². The van der Waals surface area contributed by atoms with Crippen LogP contribution in [0.5, 0.6) is 11.5 Å². The van der Waals surface area contributed by atoms with Crippen LogP contribution in [0.1, 0.15) is 16.7 Å². The first-order valence-electron chi connectivity index (χ1n) is 15.1. The van der Waals surface area contributed by atoms with Crippen LogP contribution in [-0.4, -0.2) is 19.3 Å². The van der Waals surface area contributed by atoms with Crippen LogP contribution in [0.25, 0.3) is 20.5 Å². The van der Waals surface area contributed by atoms with Crippen LogP contribution in [0.2, 0.25) is 0 Å². The smallest absolute Gasteiger partial charge is 0.142 e. The van der Waals surface area contributed by atoms with Gasteiger partial charge in [0.2, 0.25) is 0 Å². The van der Waals surface area contributed by atoms with E-state index < -0.39 is 5.60 Å². The molecular weight excluding hydrogens is 587 g/mol. The van der Waals surface area contributed by atoms with Crippen LogP contribution >= 0.6 is 11.3 Å². The molecule has 0 amide bonds. The Labute approximate surface area is 273 Å². The molecule has 0 aliphatic heterocycles. The van der Waals surface area contributed by atoms with Crippen molar-refractivity contribution < 1.29 is 14.6 Å². The maximum atomic E-state index is 13.1. The van der Waals surface area contributed by atoms with Crippen molar-refractivity contribution in [2.24, 2.45) is 0 Å². The molecule has 0 fully saturated rings. The molecule has 1 aromatic heterocycles. The first kappa shape index (κ1) is 29.4. The number of fused-ring (bicyclic) bond motifs is 1. The van der Waals surface area contributed by atoms with Crippen LogP contribution in [-0.2, 0) is 5.60 Å². The summed E-state index contributed by atoms with van der Waals surface area (Å²) in [4.78, 5) is 3.26. The van der Waals surface area contributed by atoms with Crippen molar-refractivity contribution in [3.63, 3.8) is 0 Å². The first-order chi connectivity index (χ1) is 22.6. The average Bonchev–Trinajstić information content (AvgIpc) is 3.53. The van der Waals surface area contributed by atoms with Crippen LogP contribution in [0.3, 0.4) is 0 Å². The van der Waals surface area contributed by atoms with E-state index in [1.165, 1.54) is 0 Å². The van der Waals surface area contributed by atoms with Crippen LogP contribution in [0.15, 0.2) is 158 Å². The molecule has 5 heteroatoms. The van der Waals surface area contributed by atoms with E-state index in [2.05, 4.69) is 89.8 Å². The van der Waals surface area contributed by atoms with Crippen molar-refractivity contribution in [3.8, 4) is 21.9 Å². The zero-order chi connectivity index (χ0) is 31.5. The van der Waals surface area contributed by atoms with Crippen molar-refractivity contribution in [2.45, 2.75) is 5.60 Å². The van der Waals surface area contributed by atoms with Crippen LogP contribution < -0.4 is 14.4 Å². The van der Waals surface area contributed by atoms with Gasteiger partial charge in [0, 0.05) is 32.2 Å². The number of benzene rings is 6. The zero-order valence-corrected chi connectivity index (χ0v) is 26.4. The molecule has 0 saturated carbocycles. The van der Waals surface area contributed by atoms with Crippen LogP contribution in [0, 0.1) is 0 Å². The number of ether oxygens (including phenoxy) is 2. The number of methoxy groups -OCH3 is 2. The third-order valence-electron chi connectivity index (χ3n) is 8.39. The molecule has 1 heterocycles. The minimum atomic E-state index is -1.47. The van der Waals surface area contributed by atoms with E-state index in [0.717, 1.165) is 65.8 Å². The van der Waals surface area contributed by atoms with E-state index in [-0.39, 0.29) is 0 Å². The number of nitrogens with zero attached hydrogens (tertiary/aromatic N) is 1. The Morgan fingerprint density at radius 3 is 1.48 bits per heavy atom. The molecule has 0 saturated heterocycles. The number of rotatable bonds is 9. The Morgan fingerprint density at radius 1 is 0.522 bits per heavy atom. The van der Waals surface area contributed by atoms with Gasteiger partial charge in [0.25, 0.3) is 0 Å². The van der Waals surface area contributed by atoms with Gasteiger partial charge in [0.05, 0.1) is 14.2 Å². The Kier molecular flexibility index (Phi) is 8.02. The molecule has 0 aliphatic rings. The Bertz CT molecular complexity index is 1970. The highest BCUT2D eigenvalue weighted by Crippen LogP contribution is 2.50. The summed E-state index contributed by atoms with van der Waals surface area (Å²) in [5, 5.41) is 14.1. The highest BCUT2D eigenvalue weighted by Gasteiger charge is 2.39. The molecular formula is C41H33NO3S. The molecule has 0 unspecified atom stereocenters. The van der Waals surface area contributed by atoms with Gasteiger partial charge in [0.1, 0.15) is 17.1 Å². The summed E-state index contributed by atoms with van der Waals surface area (Å²) in [6, 6.07) is 53.1. The number of hydrogen-bond donors (Lipinski definition) is 1. The second-order valence-corrected chi connectivity index (χ2v) is 12.1. The van der Waals surface area contributed by atoms with Gasteiger partial charge in [0.15, 0.2) is 0 Å². The largest absolute Gasteiger partial charge is 0.497 e. The Hall–Kier alpha value is -5.36. The summed E-state index contributed by atoms with van der Waals surface area (Å²) in [5.74, 6) is 1.46. The lowest BCUT2D eigenvalue weighted by Gasteiger charge is -2.31. The molecule has 46 heavy (non-hydrogen) atoms. The second kappa shape index (κ2) is 12.6. The monoisotopic (exact) mass is 619 g/mol. The lowest BCUT2D eigenvalue weighted by Crippen LogP contribution is -2.29. The summed E-state index contributed by atoms with van der Waals surface area (Å²) < 4.78 is 12.0. The summed E-state index contributed by atoms with van der Waals surface area (Å²) in [6.07, 6.45) is 0. The predicted molar refractivity (Wildman–Crippen MR) is 190 cm³/mol. The van der Waals surface area contributed by atoms with Crippen LogP contribution in [0.4, 0.5) is 17.1 Å². The van der Waals surface area contributed by atoms with Crippen molar-refractivity contribution in [1.29, 1.82) is 0 Å². The summed E-state index contributed by atoms with van der Waals surface area (Å²) >= 11 is 1.69. The minimum absolute atomic E-state index is 0.730. The molecule has 0 radical (unpaired) electrons. The molecule has 7 aromatic rings. The van der Waals surface area contributed by atoms with Gasteiger partial charge in [-0.3, -0.25) is 0 Å². The highest BCUT2D eigenvalue weighted by molar-refractivity contribution is 7.22. The lowest BCUT2D eigenvalue weighted by molar-refractivity contribution is 0.128. The zero-order valence-electron chi connectivity index (χ0n) is 25.6. The summed E-state index contributed by atoms with van der Waals surface area (Å²) in [7, 11) is 3.30. The van der Waals surface area contributed by atoms with E-state index in [1.54, 1.807) is 25.6 Å². The number of para-hydroxylation sites is 2. The first-order valence-corrected chi connectivity index (χ1v) is 16.0. The third-order valence-corrected chi connectivity index (χ3v) is 9.61. The fraction of sp³-hybridized carbons (Fsp3) is 0.0732. The van der Waals surface area contributed by atoms with Gasteiger partial charge in [-0.25, -0.2) is 0 Å². The fourth-order valence-corrected chi connectivity index (χ4v) is 7.35. The van der Waals surface area contributed by atoms with Crippen molar-refractivity contribution in [1.82, 2.24) is 0 Å². The molecule has 226 valence electrons. The topological polar surface area (TPSA) is 41.9 Å². The third kappa shape index (κ3) is 5.30. The molecule has 1 N–H and O–H groups in total.